The molecule has 0 aliphatic rings. The second-order valence-corrected chi connectivity index (χ2v) is 3.66. The van der Waals surface area contributed by atoms with E-state index in [0.717, 1.165) is 5.56 Å². The van der Waals surface area contributed by atoms with Gasteiger partial charge in [0.25, 0.3) is 0 Å². The molecule has 1 amide bonds. The van der Waals surface area contributed by atoms with Gasteiger partial charge >= 0.3 is 6.09 Å². The van der Waals surface area contributed by atoms with Crippen molar-refractivity contribution >= 4 is 11.9 Å². The minimum Gasteiger partial charge on any atom is -0.445 e. The summed E-state index contributed by atoms with van der Waals surface area (Å²) in [6.45, 7) is 0.139. The molecule has 0 aromatic heterocycles. The smallest absolute Gasteiger partial charge is 0.407 e. The molecule has 1 rings (SSSR count). The largest absolute Gasteiger partial charge is 0.445 e. The van der Waals surface area contributed by atoms with Crippen molar-refractivity contribution in [1.29, 1.82) is 0 Å². The first-order chi connectivity index (χ1) is 8.72. The summed E-state index contributed by atoms with van der Waals surface area (Å²) in [5, 5.41) is 2.38. The molecule has 0 saturated carbocycles. The minimum atomic E-state index is -0.604. The molecule has 1 aromatic rings. The second kappa shape index (κ2) is 7.91. The molecule has 0 heterocycles. The van der Waals surface area contributed by atoms with Gasteiger partial charge in [0.05, 0.1) is 6.54 Å². The Kier molecular flexibility index (Phi) is 6.05. The lowest BCUT2D eigenvalue weighted by Gasteiger charge is -2.06. The van der Waals surface area contributed by atoms with Crippen molar-refractivity contribution in [2.45, 2.75) is 19.4 Å². The maximum absolute atomic E-state index is 11.3. The summed E-state index contributed by atoms with van der Waals surface area (Å²) >= 11 is 0. The fourth-order valence-electron chi connectivity index (χ4n) is 1.24. The molecule has 94 valence electrons. The van der Waals surface area contributed by atoms with Crippen molar-refractivity contribution in [2.75, 3.05) is 6.54 Å². The quantitative estimate of drug-likeness (QED) is 0.779. The molecule has 1 aromatic carbocycles. The molecule has 4 heteroatoms. The molecule has 0 aliphatic heterocycles. The van der Waals surface area contributed by atoms with E-state index in [-0.39, 0.29) is 25.4 Å². The number of nitrogens with one attached hydrogen (secondary N) is 1. The van der Waals surface area contributed by atoms with Crippen LogP contribution >= 0.6 is 0 Å². The number of terminal acetylenes is 1. The molecule has 0 saturated heterocycles. The Morgan fingerprint density at radius 2 is 2.00 bits per heavy atom. The number of carbonyl (C=O) groups excluding carboxylic acids is 2. The number of amides is 1. The number of Topliss-reactive ketones (excluding diaryl/α,β-unsaturated/α-hetero) is 1. The predicted molar refractivity (Wildman–Crippen MR) is 67.7 cm³/mol. The number of hydrogen-bond acceptors (Lipinski definition) is 3. The van der Waals surface area contributed by atoms with Crippen molar-refractivity contribution < 1.29 is 14.3 Å². The summed E-state index contributed by atoms with van der Waals surface area (Å²) in [6.07, 6.45) is 5.09. The molecular weight excluding hydrogens is 230 g/mol. The van der Waals surface area contributed by atoms with Crippen LogP contribution in [0.4, 0.5) is 4.79 Å². The van der Waals surface area contributed by atoms with Crippen LogP contribution in [-0.2, 0) is 16.1 Å². The summed E-state index contributed by atoms with van der Waals surface area (Å²) < 4.78 is 4.94. The number of ketones is 1. The van der Waals surface area contributed by atoms with E-state index in [2.05, 4.69) is 11.2 Å². The predicted octanol–water partition coefficient (Wildman–Crippen LogP) is 1.90. The normalized spacial score (nSPS) is 9.28. The van der Waals surface area contributed by atoms with Gasteiger partial charge < -0.3 is 10.1 Å². The maximum Gasteiger partial charge on any atom is 0.407 e. The van der Waals surface area contributed by atoms with Crippen molar-refractivity contribution in [1.82, 2.24) is 5.32 Å². The summed E-state index contributed by atoms with van der Waals surface area (Å²) in [6, 6.07) is 9.31. The van der Waals surface area contributed by atoms with Crippen LogP contribution in [0.2, 0.25) is 0 Å². The van der Waals surface area contributed by atoms with Gasteiger partial charge in [0.15, 0.2) is 5.78 Å². The maximum atomic E-state index is 11.3. The van der Waals surface area contributed by atoms with Crippen LogP contribution in [0.15, 0.2) is 30.3 Å². The number of hydrogen-bond donors (Lipinski definition) is 1. The van der Waals surface area contributed by atoms with Crippen LogP contribution in [0, 0.1) is 12.3 Å². The lowest BCUT2D eigenvalue weighted by Crippen LogP contribution is -2.29. The highest BCUT2D eigenvalue weighted by molar-refractivity contribution is 5.84. The Morgan fingerprint density at radius 1 is 1.28 bits per heavy atom. The first kappa shape index (κ1) is 13.8. The van der Waals surface area contributed by atoms with E-state index in [0.29, 0.717) is 6.42 Å². The monoisotopic (exact) mass is 245 g/mol. The van der Waals surface area contributed by atoms with E-state index in [1.807, 2.05) is 30.3 Å². The number of alkyl carbamates (subject to hydrolysis) is 1. The molecule has 0 unspecified atom stereocenters. The van der Waals surface area contributed by atoms with Gasteiger partial charge in [0, 0.05) is 12.8 Å². The van der Waals surface area contributed by atoms with Crippen LogP contribution in [0.3, 0.4) is 0 Å². The third kappa shape index (κ3) is 5.71. The summed E-state index contributed by atoms with van der Waals surface area (Å²) in [5.41, 5.74) is 0.895. The fraction of sp³-hybridized carbons (Fsp3) is 0.286. The topological polar surface area (TPSA) is 55.4 Å². The molecule has 0 bridgehead atoms. The third-order valence-electron chi connectivity index (χ3n) is 2.19. The first-order valence-corrected chi connectivity index (χ1v) is 5.62. The van der Waals surface area contributed by atoms with Crippen LogP contribution in [-0.4, -0.2) is 18.4 Å². The third-order valence-corrected chi connectivity index (χ3v) is 2.19. The Balaban J connectivity index is 2.18. The number of carbonyl (C=O) groups is 2. The average Bonchev–Trinajstić information content (AvgIpc) is 2.41. The van der Waals surface area contributed by atoms with Crippen molar-refractivity contribution in [3.05, 3.63) is 35.9 Å². The van der Waals surface area contributed by atoms with Crippen molar-refractivity contribution in [3.63, 3.8) is 0 Å². The highest BCUT2D eigenvalue weighted by Crippen LogP contribution is 2.00. The Hall–Kier alpha value is -2.28. The lowest BCUT2D eigenvalue weighted by molar-refractivity contribution is -0.118. The van der Waals surface area contributed by atoms with Crippen LogP contribution < -0.4 is 5.32 Å². The van der Waals surface area contributed by atoms with Crippen molar-refractivity contribution in [2.24, 2.45) is 0 Å². The van der Waals surface area contributed by atoms with E-state index in [1.54, 1.807) is 0 Å². The first-order valence-electron chi connectivity index (χ1n) is 5.62. The minimum absolute atomic E-state index is 0.0463. The van der Waals surface area contributed by atoms with Crippen LogP contribution in [0.25, 0.3) is 0 Å². The molecule has 0 spiro atoms. The number of rotatable bonds is 6. The van der Waals surface area contributed by atoms with Gasteiger partial charge in [0.1, 0.15) is 6.61 Å². The molecule has 18 heavy (non-hydrogen) atoms. The van der Waals surface area contributed by atoms with Crippen LogP contribution in [0.1, 0.15) is 18.4 Å². The summed E-state index contributed by atoms with van der Waals surface area (Å²) in [7, 11) is 0. The van der Waals surface area contributed by atoms with Gasteiger partial charge in [-0.15, -0.1) is 12.3 Å². The molecular formula is C14H15NO3. The van der Waals surface area contributed by atoms with Gasteiger partial charge in [-0.05, 0) is 5.56 Å². The van der Waals surface area contributed by atoms with Gasteiger partial charge in [-0.1, -0.05) is 30.3 Å². The van der Waals surface area contributed by atoms with Crippen molar-refractivity contribution in [3.8, 4) is 12.3 Å². The molecule has 1 N–H and O–H groups in total. The highest BCUT2D eigenvalue weighted by Gasteiger charge is 2.05. The zero-order valence-corrected chi connectivity index (χ0v) is 10.0. The Labute approximate surface area is 106 Å². The van der Waals surface area contributed by atoms with E-state index in [4.69, 9.17) is 11.2 Å². The zero-order chi connectivity index (χ0) is 13.2. The zero-order valence-electron chi connectivity index (χ0n) is 10.0. The standard InChI is InChI=1S/C14H15NO3/c1-2-3-9-13(16)10-15-14(17)18-11-12-7-5-4-6-8-12/h1,4-8H,3,9-11H2,(H,15,17). The van der Waals surface area contributed by atoms with Crippen LogP contribution in [0.5, 0.6) is 0 Å². The van der Waals surface area contributed by atoms with E-state index >= 15 is 0 Å². The summed E-state index contributed by atoms with van der Waals surface area (Å²) in [5.74, 6) is 2.26. The average molecular weight is 245 g/mol. The van der Waals surface area contributed by atoms with E-state index in [1.165, 1.54) is 0 Å². The fourth-order valence-corrected chi connectivity index (χ4v) is 1.24. The Bertz CT molecular complexity index is 434. The lowest BCUT2D eigenvalue weighted by atomic mass is 10.2. The molecule has 0 aliphatic carbocycles. The molecule has 4 nitrogen and oxygen atoms in total. The number of benzene rings is 1. The van der Waals surface area contributed by atoms with Gasteiger partial charge in [-0.25, -0.2) is 4.79 Å². The summed E-state index contributed by atoms with van der Waals surface area (Å²) in [4.78, 5) is 22.5. The highest BCUT2D eigenvalue weighted by atomic mass is 16.5. The molecule has 0 fully saturated rings. The molecule has 0 atom stereocenters. The Morgan fingerprint density at radius 3 is 2.67 bits per heavy atom. The van der Waals surface area contributed by atoms with Gasteiger partial charge in [0.2, 0.25) is 0 Å². The van der Waals surface area contributed by atoms with Gasteiger partial charge in [-0.3, -0.25) is 4.79 Å². The van der Waals surface area contributed by atoms with E-state index < -0.39 is 6.09 Å². The van der Waals surface area contributed by atoms with E-state index in [9.17, 15) is 9.59 Å². The number of ether oxygens (including phenoxy) is 1. The van der Waals surface area contributed by atoms with Gasteiger partial charge in [-0.2, -0.15) is 0 Å². The molecule has 0 radical (unpaired) electrons. The SMILES string of the molecule is C#CCCC(=O)CNC(=O)OCc1ccccc1. The second-order valence-electron chi connectivity index (χ2n) is 3.66.